The molecule has 0 aromatic heterocycles. The van der Waals surface area contributed by atoms with E-state index in [2.05, 4.69) is 11.7 Å². The normalized spacial score (nSPS) is 11.3. The molecular formula is C26H21F7O2. The molecule has 3 rings (SSSR count). The molecule has 0 N–H and O–H groups in total. The molecule has 0 saturated heterocycles. The molecule has 0 heterocycles. The van der Waals surface area contributed by atoms with Crippen LogP contribution in [-0.4, -0.2) is 0 Å². The highest BCUT2D eigenvalue weighted by molar-refractivity contribution is 5.66. The number of benzene rings is 3. The zero-order valence-electron chi connectivity index (χ0n) is 18.6. The predicted molar refractivity (Wildman–Crippen MR) is 117 cm³/mol. The lowest BCUT2D eigenvalue weighted by atomic mass is 10.0. The van der Waals surface area contributed by atoms with Crippen LogP contribution >= 0.6 is 0 Å². The molecule has 0 spiro atoms. The number of aryl methyl sites for hydroxylation is 1. The highest BCUT2D eigenvalue weighted by atomic mass is 19.3. The van der Waals surface area contributed by atoms with Gasteiger partial charge in [0.1, 0.15) is 11.6 Å². The minimum absolute atomic E-state index is 0.145. The number of halogens is 7. The highest BCUT2D eigenvalue weighted by Crippen LogP contribution is 2.35. The smallest absolute Gasteiger partial charge is 0.426 e. The number of rotatable bonds is 10. The molecular weight excluding hydrogens is 477 g/mol. The first-order valence-corrected chi connectivity index (χ1v) is 10.7. The molecule has 0 radical (unpaired) electrons. The summed E-state index contributed by atoms with van der Waals surface area (Å²) in [6.07, 6.45) is -2.41. The summed E-state index contributed by atoms with van der Waals surface area (Å²) in [6, 6.07) is 9.66. The molecule has 0 aliphatic carbocycles. The summed E-state index contributed by atoms with van der Waals surface area (Å²) in [4.78, 5) is 0. The lowest BCUT2D eigenvalue weighted by Gasteiger charge is -2.19. The van der Waals surface area contributed by atoms with E-state index < -0.39 is 46.7 Å². The zero-order valence-corrected chi connectivity index (χ0v) is 18.6. The monoisotopic (exact) mass is 498 g/mol. The van der Waals surface area contributed by atoms with E-state index in [1.54, 1.807) is 12.1 Å². The number of ether oxygens (including phenoxy) is 2. The van der Waals surface area contributed by atoms with Crippen LogP contribution in [0.5, 0.6) is 11.5 Å². The van der Waals surface area contributed by atoms with Crippen LogP contribution in [0.4, 0.5) is 30.7 Å². The quantitative estimate of drug-likeness (QED) is 0.158. The van der Waals surface area contributed by atoms with E-state index in [1.165, 1.54) is 12.1 Å². The van der Waals surface area contributed by atoms with E-state index in [9.17, 15) is 30.7 Å². The van der Waals surface area contributed by atoms with Gasteiger partial charge in [-0.25, -0.2) is 13.2 Å². The molecule has 0 aliphatic rings. The third-order valence-corrected chi connectivity index (χ3v) is 5.12. The van der Waals surface area contributed by atoms with Gasteiger partial charge in [0.25, 0.3) is 0 Å². The van der Waals surface area contributed by atoms with Crippen LogP contribution in [0.1, 0.15) is 37.3 Å². The largest absolute Gasteiger partial charge is 0.453 e. The van der Waals surface area contributed by atoms with Gasteiger partial charge in [-0.2, -0.15) is 17.6 Å². The lowest BCUT2D eigenvalue weighted by Crippen LogP contribution is -2.22. The maximum absolute atomic E-state index is 14.6. The summed E-state index contributed by atoms with van der Waals surface area (Å²) in [5, 5.41) is 0. The molecule has 0 atom stereocenters. The van der Waals surface area contributed by atoms with Gasteiger partial charge < -0.3 is 9.47 Å². The van der Waals surface area contributed by atoms with E-state index >= 15 is 0 Å². The van der Waals surface area contributed by atoms with Crippen molar-refractivity contribution in [1.29, 1.82) is 0 Å². The standard InChI is InChI=1S/C26H21F7O2/c1-2-3-4-5-16-6-8-18(9-7-16)26(32,33)35-19-10-11-20(21(27)14-19)17-12-22(28)25(23(29)13-17)34-15-24(30)31/h6-15H,2-5H2,1H3. The predicted octanol–water partition coefficient (Wildman–Crippen LogP) is 8.75. The van der Waals surface area contributed by atoms with E-state index in [0.717, 1.165) is 43.4 Å². The first-order chi connectivity index (χ1) is 16.6. The minimum atomic E-state index is -3.76. The number of alkyl halides is 2. The number of hydrogen-bond donors (Lipinski definition) is 0. The Morgan fingerprint density at radius 1 is 0.857 bits per heavy atom. The van der Waals surface area contributed by atoms with Gasteiger partial charge in [-0.05, 0) is 60.4 Å². The van der Waals surface area contributed by atoms with Gasteiger partial charge in [-0.15, -0.1) is 0 Å². The average Bonchev–Trinajstić information content (AvgIpc) is 2.78. The Bertz CT molecular complexity index is 1160. The molecule has 0 saturated carbocycles. The van der Waals surface area contributed by atoms with Crippen molar-refractivity contribution in [3.05, 3.63) is 95.5 Å². The molecule has 186 valence electrons. The third kappa shape index (κ3) is 6.77. The molecule has 2 nitrogen and oxygen atoms in total. The fourth-order valence-corrected chi connectivity index (χ4v) is 3.38. The lowest BCUT2D eigenvalue weighted by molar-refractivity contribution is -0.185. The summed E-state index contributed by atoms with van der Waals surface area (Å²) in [5.41, 5.74) is -0.130. The van der Waals surface area contributed by atoms with Crippen molar-refractivity contribution >= 4 is 0 Å². The van der Waals surface area contributed by atoms with Gasteiger partial charge in [0, 0.05) is 11.6 Å². The Labute approximate surface area is 197 Å². The topological polar surface area (TPSA) is 18.5 Å². The van der Waals surface area contributed by atoms with Gasteiger partial charge in [0.2, 0.25) is 0 Å². The zero-order chi connectivity index (χ0) is 25.6. The van der Waals surface area contributed by atoms with Gasteiger partial charge in [0.05, 0.1) is 5.56 Å². The van der Waals surface area contributed by atoms with Crippen molar-refractivity contribution in [3.63, 3.8) is 0 Å². The third-order valence-electron chi connectivity index (χ3n) is 5.12. The van der Waals surface area contributed by atoms with E-state index in [0.29, 0.717) is 18.2 Å². The van der Waals surface area contributed by atoms with Crippen LogP contribution in [0.25, 0.3) is 11.1 Å². The van der Waals surface area contributed by atoms with Crippen molar-refractivity contribution in [3.8, 4) is 22.6 Å². The summed E-state index contributed by atoms with van der Waals surface area (Å²) >= 11 is 0. The van der Waals surface area contributed by atoms with Crippen molar-refractivity contribution in [2.75, 3.05) is 0 Å². The van der Waals surface area contributed by atoms with E-state index in [4.69, 9.17) is 4.74 Å². The molecule has 35 heavy (non-hydrogen) atoms. The van der Waals surface area contributed by atoms with Crippen LogP contribution in [0.15, 0.2) is 66.9 Å². The Balaban J connectivity index is 1.77. The summed E-state index contributed by atoms with van der Waals surface area (Å²) < 4.78 is 105. The minimum Gasteiger partial charge on any atom is -0.453 e. The first-order valence-electron chi connectivity index (χ1n) is 10.7. The van der Waals surface area contributed by atoms with E-state index in [1.807, 2.05) is 0 Å². The summed E-state index contributed by atoms with van der Waals surface area (Å²) in [6.45, 7) is 2.07. The van der Waals surface area contributed by atoms with Crippen LogP contribution in [-0.2, 0) is 12.5 Å². The van der Waals surface area contributed by atoms with Crippen LogP contribution in [0.3, 0.4) is 0 Å². The van der Waals surface area contributed by atoms with E-state index in [-0.39, 0.29) is 17.4 Å². The molecule has 9 heteroatoms. The Hall–Kier alpha value is -3.49. The average molecular weight is 498 g/mol. The second-order valence-electron chi connectivity index (χ2n) is 7.71. The molecule has 0 fully saturated rings. The summed E-state index contributed by atoms with van der Waals surface area (Å²) in [5.74, 6) is -5.42. The van der Waals surface area contributed by atoms with Crippen LogP contribution in [0, 0.1) is 17.5 Å². The van der Waals surface area contributed by atoms with Gasteiger partial charge in [0.15, 0.2) is 23.6 Å². The van der Waals surface area contributed by atoms with Crippen molar-refractivity contribution < 1.29 is 40.2 Å². The Kier molecular flexibility index (Phi) is 8.43. The maximum atomic E-state index is 14.6. The van der Waals surface area contributed by atoms with Crippen LogP contribution in [0.2, 0.25) is 0 Å². The van der Waals surface area contributed by atoms with Gasteiger partial charge in [-0.1, -0.05) is 31.9 Å². The van der Waals surface area contributed by atoms with Crippen LogP contribution < -0.4 is 9.47 Å². The highest BCUT2D eigenvalue weighted by Gasteiger charge is 2.34. The maximum Gasteiger partial charge on any atom is 0.426 e. The second-order valence-corrected chi connectivity index (χ2v) is 7.71. The molecule has 0 bridgehead atoms. The number of unbranched alkanes of at least 4 members (excludes halogenated alkanes) is 2. The molecule has 0 unspecified atom stereocenters. The number of hydrogen-bond acceptors (Lipinski definition) is 2. The molecule has 0 aliphatic heterocycles. The second kappa shape index (κ2) is 11.3. The fraction of sp³-hybridized carbons (Fsp3) is 0.231. The SMILES string of the molecule is CCCCCc1ccc(C(F)(F)Oc2ccc(-c3cc(F)c(OC=C(F)F)c(F)c3)c(F)c2)cc1. The molecule has 0 amide bonds. The van der Waals surface area contributed by atoms with Crippen molar-refractivity contribution in [1.82, 2.24) is 0 Å². The molecule has 3 aromatic carbocycles. The Morgan fingerprint density at radius 3 is 2.09 bits per heavy atom. The van der Waals surface area contributed by atoms with Gasteiger partial charge >= 0.3 is 12.2 Å². The van der Waals surface area contributed by atoms with Crippen molar-refractivity contribution in [2.45, 2.75) is 38.7 Å². The fourth-order valence-electron chi connectivity index (χ4n) is 3.38. The first kappa shape index (κ1) is 26.1. The van der Waals surface area contributed by atoms with Crippen molar-refractivity contribution in [2.24, 2.45) is 0 Å². The Morgan fingerprint density at radius 2 is 1.51 bits per heavy atom. The summed E-state index contributed by atoms with van der Waals surface area (Å²) in [7, 11) is 0. The van der Waals surface area contributed by atoms with Gasteiger partial charge in [-0.3, -0.25) is 0 Å². The molecule has 3 aromatic rings.